The lowest BCUT2D eigenvalue weighted by Crippen LogP contribution is -2.37. The second kappa shape index (κ2) is 6.59. The smallest absolute Gasteiger partial charge is 0.178 e. The van der Waals surface area contributed by atoms with E-state index in [9.17, 15) is 8.42 Å². The largest absolute Gasteiger partial charge is 0.367 e. The summed E-state index contributed by atoms with van der Waals surface area (Å²) in [6, 6.07) is 7.86. The molecule has 0 aromatic heterocycles. The zero-order chi connectivity index (χ0) is 14.6. The average molecular weight is 296 g/mol. The van der Waals surface area contributed by atoms with Gasteiger partial charge in [-0.15, -0.1) is 0 Å². The summed E-state index contributed by atoms with van der Waals surface area (Å²) in [5.74, 6) is 0.152. The van der Waals surface area contributed by atoms with Crippen molar-refractivity contribution in [3.05, 3.63) is 24.3 Å². The van der Waals surface area contributed by atoms with Gasteiger partial charge >= 0.3 is 0 Å². The lowest BCUT2D eigenvalue weighted by Gasteiger charge is -2.27. The van der Waals surface area contributed by atoms with Crippen LogP contribution in [0, 0.1) is 0 Å². The molecule has 1 fully saturated rings. The molecule has 0 spiro atoms. The van der Waals surface area contributed by atoms with Crippen LogP contribution in [0.4, 0.5) is 5.69 Å². The number of hydrogen-bond donors (Lipinski definition) is 1. The molecule has 5 heteroatoms. The second-order valence-corrected chi connectivity index (χ2v) is 7.47. The average Bonchev–Trinajstić information content (AvgIpc) is 2.93. The van der Waals surface area contributed by atoms with Gasteiger partial charge in [0.15, 0.2) is 9.84 Å². The standard InChI is InChI=1S/C15H24N2O2S/c1-3-16-12-14-6-5-11-17(14)13-7-9-15(10-8-13)20(18,19)4-2/h7-10,14,16H,3-6,11-12H2,1-2H3. The summed E-state index contributed by atoms with van der Waals surface area (Å²) in [5, 5.41) is 3.40. The fraction of sp³-hybridized carbons (Fsp3) is 0.600. The van der Waals surface area contributed by atoms with E-state index >= 15 is 0 Å². The van der Waals surface area contributed by atoms with Crippen molar-refractivity contribution in [2.24, 2.45) is 0 Å². The molecule has 1 aliphatic heterocycles. The lowest BCUT2D eigenvalue weighted by molar-refractivity contribution is 0.587. The number of sulfone groups is 1. The first kappa shape index (κ1) is 15.3. The van der Waals surface area contributed by atoms with E-state index in [1.807, 2.05) is 12.1 Å². The molecule has 1 atom stereocenters. The molecular weight excluding hydrogens is 272 g/mol. The highest BCUT2D eigenvalue weighted by Crippen LogP contribution is 2.26. The highest BCUT2D eigenvalue weighted by Gasteiger charge is 2.24. The summed E-state index contributed by atoms with van der Waals surface area (Å²) >= 11 is 0. The van der Waals surface area contributed by atoms with Gasteiger partial charge in [-0.25, -0.2) is 8.42 Å². The molecule has 0 aliphatic carbocycles. The minimum atomic E-state index is -3.10. The quantitative estimate of drug-likeness (QED) is 0.873. The lowest BCUT2D eigenvalue weighted by atomic mass is 10.2. The van der Waals surface area contributed by atoms with Gasteiger partial charge in [0.2, 0.25) is 0 Å². The summed E-state index contributed by atoms with van der Waals surface area (Å²) in [6.07, 6.45) is 2.40. The van der Waals surface area contributed by atoms with Crippen molar-refractivity contribution in [1.29, 1.82) is 0 Å². The SMILES string of the molecule is CCNCC1CCCN1c1ccc(S(=O)(=O)CC)cc1. The third kappa shape index (κ3) is 3.33. The van der Waals surface area contributed by atoms with Crippen molar-refractivity contribution in [2.45, 2.75) is 37.6 Å². The van der Waals surface area contributed by atoms with Crippen molar-refractivity contribution in [3.8, 4) is 0 Å². The highest BCUT2D eigenvalue weighted by atomic mass is 32.2. The maximum atomic E-state index is 11.8. The van der Waals surface area contributed by atoms with Gasteiger partial charge in [0.25, 0.3) is 0 Å². The Balaban J connectivity index is 2.13. The minimum Gasteiger partial charge on any atom is -0.367 e. The van der Waals surface area contributed by atoms with Gasteiger partial charge in [-0.3, -0.25) is 0 Å². The third-order valence-corrected chi connectivity index (χ3v) is 5.67. The molecule has 0 amide bonds. The number of nitrogens with one attached hydrogen (secondary N) is 1. The predicted molar refractivity (Wildman–Crippen MR) is 83.1 cm³/mol. The van der Waals surface area contributed by atoms with Crippen LogP contribution in [0.15, 0.2) is 29.2 Å². The first-order valence-electron chi connectivity index (χ1n) is 7.38. The molecule has 1 unspecified atom stereocenters. The number of benzene rings is 1. The monoisotopic (exact) mass is 296 g/mol. The topological polar surface area (TPSA) is 49.4 Å². The number of likely N-dealkylation sites (N-methyl/N-ethyl adjacent to an activating group) is 1. The number of hydrogen-bond acceptors (Lipinski definition) is 4. The molecule has 0 bridgehead atoms. The van der Waals surface area contributed by atoms with Gasteiger partial charge in [-0.05, 0) is 43.7 Å². The van der Waals surface area contributed by atoms with E-state index < -0.39 is 9.84 Å². The minimum absolute atomic E-state index is 0.152. The van der Waals surface area contributed by atoms with Crippen LogP contribution < -0.4 is 10.2 Å². The molecule has 1 aromatic rings. The molecule has 1 aromatic carbocycles. The van der Waals surface area contributed by atoms with Crippen LogP contribution in [0.3, 0.4) is 0 Å². The van der Waals surface area contributed by atoms with E-state index in [1.165, 1.54) is 12.8 Å². The molecule has 1 saturated heterocycles. The van der Waals surface area contributed by atoms with E-state index in [-0.39, 0.29) is 5.75 Å². The molecule has 1 aliphatic rings. The third-order valence-electron chi connectivity index (χ3n) is 3.91. The predicted octanol–water partition coefficient (Wildman–Crippen LogP) is 2.06. The van der Waals surface area contributed by atoms with Crippen LogP contribution in [0.1, 0.15) is 26.7 Å². The summed E-state index contributed by atoms with van der Waals surface area (Å²) in [6.45, 7) is 6.82. The Kier molecular flexibility index (Phi) is 5.05. The maximum Gasteiger partial charge on any atom is 0.178 e. The van der Waals surface area contributed by atoms with Crippen molar-refractivity contribution in [2.75, 3.05) is 30.3 Å². The van der Waals surface area contributed by atoms with Crippen LogP contribution in [0.5, 0.6) is 0 Å². The fourth-order valence-electron chi connectivity index (χ4n) is 2.71. The van der Waals surface area contributed by atoms with Crippen LogP contribution >= 0.6 is 0 Å². The zero-order valence-corrected chi connectivity index (χ0v) is 13.1. The normalized spacial score (nSPS) is 19.5. The highest BCUT2D eigenvalue weighted by molar-refractivity contribution is 7.91. The van der Waals surface area contributed by atoms with Gasteiger partial charge < -0.3 is 10.2 Å². The summed E-state index contributed by atoms with van der Waals surface area (Å²) in [7, 11) is -3.10. The molecular formula is C15H24N2O2S. The Hall–Kier alpha value is -1.07. The summed E-state index contributed by atoms with van der Waals surface area (Å²) in [5.41, 5.74) is 1.13. The van der Waals surface area contributed by atoms with Gasteiger partial charge in [0.1, 0.15) is 0 Å². The van der Waals surface area contributed by atoms with E-state index in [0.717, 1.165) is 25.3 Å². The van der Waals surface area contributed by atoms with E-state index in [1.54, 1.807) is 19.1 Å². The number of rotatable bonds is 6. The fourth-order valence-corrected chi connectivity index (χ4v) is 3.59. The Morgan fingerprint density at radius 3 is 2.55 bits per heavy atom. The Morgan fingerprint density at radius 1 is 1.25 bits per heavy atom. The van der Waals surface area contributed by atoms with Gasteiger partial charge in [-0.2, -0.15) is 0 Å². The first-order valence-corrected chi connectivity index (χ1v) is 9.04. The number of nitrogens with zero attached hydrogens (tertiary/aromatic N) is 1. The van der Waals surface area contributed by atoms with Gasteiger partial charge in [-0.1, -0.05) is 13.8 Å². The molecule has 0 saturated carbocycles. The summed E-state index contributed by atoms with van der Waals surface area (Å²) < 4.78 is 23.6. The Bertz CT molecular complexity index is 525. The molecule has 112 valence electrons. The molecule has 0 radical (unpaired) electrons. The molecule has 4 nitrogen and oxygen atoms in total. The van der Waals surface area contributed by atoms with E-state index in [0.29, 0.717) is 10.9 Å². The van der Waals surface area contributed by atoms with Crippen LogP contribution in [-0.2, 0) is 9.84 Å². The summed E-state index contributed by atoms with van der Waals surface area (Å²) in [4.78, 5) is 2.80. The Morgan fingerprint density at radius 2 is 1.95 bits per heavy atom. The van der Waals surface area contributed by atoms with Gasteiger partial charge in [0.05, 0.1) is 10.6 Å². The van der Waals surface area contributed by atoms with Crippen molar-refractivity contribution in [3.63, 3.8) is 0 Å². The second-order valence-electron chi connectivity index (χ2n) is 5.19. The van der Waals surface area contributed by atoms with Crippen LogP contribution in [-0.4, -0.2) is 39.8 Å². The van der Waals surface area contributed by atoms with Crippen molar-refractivity contribution in [1.82, 2.24) is 5.32 Å². The molecule has 20 heavy (non-hydrogen) atoms. The van der Waals surface area contributed by atoms with Crippen molar-refractivity contribution < 1.29 is 8.42 Å². The van der Waals surface area contributed by atoms with Gasteiger partial charge in [0, 0.05) is 24.8 Å². The van der Waals surface area contributed by atoms with E-state index in [4.69, 9.17) is 0 Å². The zero-order valence-electron chi connectivity index (χ0n) is 12.3. The van der Waals surface area contributed by atoms with Crippen LogP contribution in [0.2, 0.25) is 0 Å². The molecule has 1 N–H and O–H groups in total. The van der Waals surface area contributed by atoms with Crippen LogP contribution in [0.25, 0.3) is 0 Å². The molecule has 1 heterocycles. The molecule has 2 rings (SSSR count). The van der Waals surface area contributed by atoms with E-state index in [2.05, 4.69) is 17.1 Å². The Labute approximate surface area is 122 Å². The van der Waals surface area contributed by atoms with Crippen molar-refractivity contribution >= 4 is 15.5 Å². The number of anilines is 1. The first-order chi connectivity index (χ1) is 9.58. The maximum absolute atomic E-state index is 11.8.